The van der Waals surface area contributed by atoms with E-state index in [2.05, 4.69) is 62.3 Å². The van der Waals surface area contributed by atoms with E-state index in [1.54, 1.807) is 0 Å². The smallest absolute Gasteiger partial charge is 0.0602 e. The molecular formula is C16H20BrN3. The van der Waals surface area contributed by atoms with Gasteiger partial charge < -0.3 is 10.2 Å². The quantitative estimate of drug-likeness (QED) is 0.875. The maximum atomic E-state index is 4.42. The first-order chi connectivity index (χ1) is 9.74. The van der Waals surface area contributed by atoms with Gasteiger partial charge in [-0.1, -0.05) is 22.0 Å². The predicted molar refractivity (Wildman–Crippen MR) is 87.9 cm³/mol. The number of nitrogens with one attached hydrogen (secondary N) is 1. The largest absolute Gasteiger partial charge is 0.366 e. The third-order valence-electron chi connectivity index (χ3n) is 3.21. The number of aromatic nitrogens is 1. The highest BCUT2D eigenvalue weighted by molar-refractivity contribution is 9.10. The van der Waals surface area contributed by atoms with Gasteiger partial charge in [-0.25, -0.2) is 0 Å². The molecule has 3 nitrogen and oxygen atoms in total. The molecule has 2 aromatic rings. The van der Waals surface area contributed by atoms with Crippen molar-refractivity contribution < 1.29 is 0 Å². The summed E-state index contributed by atoms with van der Waals surface area (Å²) in [7, 11) is 1.97. The van der Waals surface area contributed by atoms with E-state index in [4.69, 9.17) is 0 Å². The Morgan fingerprint density at radius 1 is 1.25 bits per heavy atom. The standard InChI is InChI=1S/C16H20BrN3/c1-3-20(12-15-6-4-5-9-19-15)16-8-7-14(17)10-13(16)11-18-2/h4-10,18H,3,11-12H2,1-2H3. The highest BCUT2D eigenvalue weighted by Crippen LogP contribution is 2.25. The number of nitrogens with zero attached hydrogens (tertiary/aromatic N) is 2. The summed E-state index contributed by atoms with van der Waals surface area (Å²) in [6, 6.07) is 12.5. The van der Waals surface area contributed by atoms with Crippen LogP contribution in [-0.2, 0) is 13.1 Å². The summed E-state index contributed by atoms with van der Waals surface area (Å²) in [6.07, 6.45) is 1.85. The van der Waals surface area contributed by atoms with Crippen molar-refractivity contribution in [2.24, 2.45) is 0 Å². The van der Waals surface area contributed by atoms with Crippen LogP contribution in [0.4, 0.5) is 5.69 Å². The maximum Gasteiger partial charge on any atom is 0.0602 e. The molecule has 1 heterocycles. The Balaban J connectivity index is 2.27. The molecule has 2 rings (SSSR count). The van der Waals surface area contributed by atoms with Gasteiger partial charge in [0.1, 0.15) is 0 Å². The van der Waals surface area contributed by atoms with E-state index in [0.717, 1.165) is 29.8 Å². The van der Waals surface area contributed by atoms with Crippen molar-refractivity contribution in [2.45, 2.75) is 20.0 Å². The van der Waals surface area contributed by atoms with Gasteiger partial charge in [-0.3, -0.25) is 4.98 Å². The molecule has 0 aliphatic heterocycles. The van der Waals surface area contributed by atoms with Crippen LogP contribution in [0.2, 0.25) is 0 Å². The number of halogens is 1. The molecule has 0 amide bonds. The first-order valence-electron chi connectivity index (χ1n) is 6.82. The Labute approximate surface area is 129 Å². The van der Waals surface area contributed by atoms with Crippen molar-refractivity contribution in [3.63, 3.8) is 0 Å². The summed E-state index contributed by atoms with van der Waals surface area (Å²) >= 11 is 3.55. The topological polar surface area (TPSA) is 28.2 Å². The molecule has 0 saturated heterocycles. The lowest BCUT2D eigenvalue weighted by atomic mass is 10.1. The maximum absolute atomic E-state index is 4.42. The second-order valence-electron chi connectivity index (χ2n) is 4.64. The van der Waals surface area contributed by atoms with Gasteiger partial charge in [-0.2, -0.15) is 0 Å². The summed E-state index contributed by atoms with van der Waals surface area (Å²) in [5, 5.41) is 3.23. The van der Waals surface area contributed by atoms with E-state index >= 15 is 0 Å². The molecule has 106 valence electrons. The molecule has 0 bridgehead atoms. The van der Waals surface area contributed by atoms with Gasteiger partial charge in [-0.05, 0) is 49.9 Å². The summed E-state index contributed by atoms with van der Waals surface area (Å²) in [6.45, 7) is 4.81. The molecule has 1 aromatic heterocycles. The van der Waals surface area contributed by atoms with Crippen molar-refractivity contribution in [1.29, 1.82) is 0 Å². The number of pyridine rings is 1. The average molecular weight is 334 g/mol. The number of hydrogen-bond donors (Lipinski definition) is 1. The monoisotopic (exact) mass is 333 g/mol. The summed E-state index contributed by atoms with van der Waals surface area (Å²) in [4.78, 5) is 6.77. The number of anilines is 1. The van der Waals surface area contributed by atoms with Crippen LogP contribution in [0, 0.1) is 0 Å². The number of benzene rings is 1. The van der Waals surface area contributed by atoms with E-state index in [-0.39, 0.29) is 0 Å². The van der Waals surface area contributed by atoms with Crippen LogP contribution >= 0.6 is 15.9 Å². The molecule has 0 unspecified atom stereocenters. The predicted octanol–water partition coefficient (Wildman–Crippen LogP) is 3.59. The zero-order chi connectivity index (χ0) is 14.4. The minimum absolute atomic E-state index is 0.829. The van der Waals surface area contributed by atoms with E-state index in [1.165, 1.54) is 11.3 Å². The van der Waals surface area contributed by atoms with Gasteiger partial charge >= 0.3 is 0 Å². The Morgan fingerprint density at radius 2 is 2.10 bits per heavy atom. The van der Waals surface area contributed by atoms with Gasteiger partial charge in [0.2, 0.25) is 0 Å². The van der Waals surface area contributed by atoms with E-state index < -0.39 is 0 Å². The lowest BCUT2D eigenvalue weighted by Gasteiger charge is -2.25. The molecule has 0 fully saturated rings. The molecule has 1 aromatic carbocycles. The fourth-order valence-corrected chi connectivity index (χ4v) is 2.66. The number of hydrogen-bond acceptors (Lipinski definition) is 3. The Bertz CT molecular complexity index is 543. The molecule has 1 N–H and O–H groups in total. The van der Waals surface area contributed by atoms with Gasteiger partial charge in [0, 0.05) is 29.4 Å². The fourth-order valence-electron chi connectivity index (χ4n) is 2.25. The minimum Gasteiger partial charge on any atom is -0.366 e. The molecule has 0 atom stereocenters. The lowest BCUT2D eigenvalue weighted by Crippen LogP contribution is -2.24. The highest BCUT2D eigenvalue weighted by Gasteiger charge is 2.11. The van der Waals surface area contributed by atoms with E-state index in [9.17, 15) is 0 Å². The van der Waals surface area contributed by atoms with Crippen molar-refractivity contribution in [2.75, 3.05) is 18.5 Å². The molecule has 0 saturated carbocycles. The third kappa shape index (κ3) is 3.81. The second kappa shape index (κ2) is 7.41. The Kier molecular flexibility index (Phi) is 5.56. The van der Waals surface area contributed by atoms with Crippen molar-refractivity contribution >= 4 is 21.6 Å². The third-order valence-corrected chi connectivity index (χ3v) is 3.70. The second-order valence-corrected chi connectivity index (χ2v) is 5.55. The average Bonchev–Trinajstić information content (AvgIpc) is 2.47. The van der Waals surface area contributed by atoms with Crippen molar-refractivity contribution in [3.8, 4) is 0 Å². The molecule has 0 aliphatic carbocycles. The molecule has 20 heavy (non-hydrogen) atoms. The van der Waals surface area contributed by atoms with Crippen molar-refractivity contribution in [1.82, 2.24) is 10.3 Å². The Hall–Kier alpha value is -1.39. The first kappa shape index (κ1) is 15.0. The summed E-state index contributed by atoms with van der Waals surface area (Å²) in [5.41, 5.74) is 3.64. The highest BCUT2D eigenvalue weighted by atomic mass is 79.9. The molecule has 0 spiro atoms. The van der Waals surface area contributed by atoms with Gasteiger partial charge in [-0.15, -0.1) is 0 Å². The SMILES string of the molecule is CCN(Cc1ccccn1)c1ccc(Br)cc1CNC. The lowest BCUT2D eigenvalue weighted by molar-refractivity contribution is 0.775. The van der Waals surface area contributed by atoms with Crippen LogP contribution in [0.5, 0.6) is 0 Å². The van der Waals surface area contributed by atoms with E-state index in [0.29, 0.717) is 0 Å². The molecule has 4 heteroatoms. The summed E-state index contributed by atoms with van der Waals surface area (Å²) in [5.74, 6) is 0. The van der Waals surface area contributed by atoms with E-state index in [1.807, 2.05) is 25.4 Å². The fraction of sp³-hybridized carbons (Fsp3) is 0.312. The number of rotatable bonds is 6. The minimum atomic E-state index is 0.829. The Morgan fingerprint density at radius 3 is 2.75 bits per heavy atom. The van der Waals surface area contributed by atoms with Crippen LogP contribution in [0.25, 0.3) is 0 Å². The molecule has 0 radical (unpaired) electrons. The van der Waals surface area contributed by atoms with Crippen LogP contribution in [-0.4, -0.2) is 18.6 Å². The molecular weight excluding hydrogens is 314 g/mol. The van der Waals surface area contributed by atoms with Crippen LogP contribution in [0.15, 0.2) is 47.1 Å². The molecule has 0 aliphatic rings. The van der Waals surface area contributed by atoms with Gasteiger partial charge in [0.05, 0.1) is 12.2 Å². The van der Waals surface area contributed by atoms with Crippen LogP contribution in [0.1, 0.15) is 18.2 Å². The zero-order valence-corrected chi connectivity index (χ0v) is 13.5. The van der Waals surface area contributed by atoms with Crippen LogP contribution < -0.4 is 10.2 Å². The summed E-state index contributed by atoms with van der Waals surface area (Å²) < 4.78 is 1.11. The zero-order valence-electron chi connectivity index (χ0n) is 11.9. The van der Waals surface area contributed by atoms with Crippen molar-refractivity contribution in [3.05, 3.63) is 58.3 Å². The van der Waals surface area contributed by atoms with Gasteiger partial charge in [0.15, 0.2) is 0 Å². The van der Waals surface area contributed by atoms with Gasteiger partial charge in [0.25, 0.3) is 0 Å². The normalized spacial score (nSPS) is 10.6. The first-order valence-corrected chi connectivity index (χ1v) is 7.61. The van der Waals surface area contributed by atoms with Crippen LogP contribution in [0.3, 0.4) is 0 Å².